The molecule has 0 radical (unpaired) electrons. The quantitative estimate of drug-likeness (QED) is 0.611. The van der Waals surface area contributed by atoms with Crippen molar-refractivity contribution in [2.45, 2.75) is 39.2 Å². The van der Waals surface area contributed by atoms with Crippen molar-refractivity contribution in [1.82, 2.24) is 19.4 Å². The zero-order valence-corrected chi connectivity index (χ0v) is 18.2. The molecule has 3 aromatic rings. The molecule has 0 aliphatic carbocycles. The summed E-state index contributed by atoms with van der Waals surface area (Å²) in [7, 11) is 0. The number of hydrogen-bond donors (Lipinski definition) is 0. The van der Waals surface area contributed by atoms with E-state index >= 15 is 0 Å². The molecule has 1 saturated heterocycles. The van der Waals surface area contributed by atoms with Gasteiger partial charge in [-0.3, -0.25) is 19.0 Å². The van der Waals surface area contributed by atoms with E-state index in [9.17, 15) is 14.4 Å². The summed E-state index contributed by atoms with van der Waals surface area (Å²) in [5.74, 6) is 0.894. The monoisotopic (exact) mass is 440 g/mol. The number of amides is 2. The maximum absolute atomic E-state index is 13.3. The van der Waals surface area contributed by atoms with Gasteiger partial charge in [-0.1, -0.05) is 6.42 Å². The molecule has 0 aromatic carbocycles. The van der Waals surface area contributed by atoms with Gasteiger partial charge in [0.25, 0.3) is 17.4 Å². The second-order valence-corrected chi connectivity index (χ2v) is 9.09. The van der Waals surface area contributed by atoms with Gasteiger partial charge in [0.05, 0.1) is 16.5 Å². The highest BCUT2D eigenvalue weighted by Gasteiger charge is 2.29. The fraction of sp³-hybridized carbons (Fsp3) is 0.455. The van der Waals surface area contributed by atoms with Crippen molar-refractivity contribution in [3.05, 3.63) is 50.8 Å². The summed E-state index contributed by atoms with van der Waals surface area (Å²) in [6.45, 7) is 4.33. The van der Waals surface area contributed by atoms with Crippen molar-refractivity contribution in [1.29, 1.82) is 0 Å². The van der Waals surface area contributed by atoms with Crippen LogP contribution in [-0.2, 0) is 13.0 Å². The highest BCUT2D eigenvalue weighted by molar-refractivity contribution is 7.20. The van der Waals surface area contributed by atoms with Crippen molar-refractivity contribution in [3.63, 3.8) is 0 Å². The van der Waals surface area contributed by atoms with Crippen LogP contribution in [0, 0.1) is 6.92 Å². The van der Waals surface area contributed by atoms with Crippen LogP contribution in [0.1, 0.15) is 50.9 Å². The molecule has 0 spiro atoms. The average molecular weight is 441 g/mol. The molecule has 5 heterocycles. The average Bonchev–Trinajstić information content (AvgIpc) is 3.36. The van der Waals surface area contributed by atoms with Crippen molar-refractivity contribution in [2.75, 3.05) is 26.2 Å². The first-order chi connectivity index (χ1) is 15.0. The van der Waals surface area contributed by atoms with Crippen LogP contribution in [-0.4, -0.2) is 57.3 Å². The number of aromatic nitrogens is 2. The molecule has 0 saturated carbocycles. The molecular formula is C22H24N4O4S. The summed E-state index contributed by atoms with van der Waals surface area (Å²) in [6, 6.07) is 3.33. The molecule has 0 bridgehead atoms. The third kappa shape index (κ3) is 3.46. The van der Waals surface area contributed by atoms with Crippen molar-refractivity contribution in [2.24, 2.45) is 0 Å². The Labute approximate surface area is 183 Å². The normalized spacial score (nSPS) is 16.9. The highest BCUT2D eigenvalue weighted by Crippen LogP contribution is 2.29. The van der Waals surface area contributed by atoms with Gasteiger partial charge in [0.1, 0.15) is 10.7 Å². The van der Waals surface area contributed by atoms with Crippen LogP contribution in [0.4, 0.5) is 0 Å². The van der Waals surface area contributed by atoms with Crippen molar-refractivity contribution in [3.8, 4) is 0 Å². The van der Waals surface area contributed by atoms with Crippen molar-refractivity contribution < 1.29 is 14.0 Å². The Kier molecular flexibility index (Phi) is 5.13. The number of thiophene rings is 1. The molecule has 1 fully saturated rings. The maximum Gasteiger partial charge on any atom is 0.289 e. The molecule has 2 amide bonds. The maximum atomic E-state index is 13.3. The molecule has 0 unspecified atom stereocenters. The van der Waals surface area contributed by atoms with E-state index in [1.807, 2.05) is 6.92 Å². The molecule has 2 aliphatic heterocycles. The van der Waals surface area contributed by atoms with Gasteiger partial charge >= 0.3 is 0 Å². The summed E-state index contributed by atoms with van der Waals surface area (Å²) in [6.07, 6.45) is 5.41. The number of hydrogen-bond acceptors (Lipinski definition) is 6. The van der Waals surface area contributed by atoms with Crippen LogP contribution in [0.15, 0.2) is 27.6 Å². The number of rotatable bonds is 2. The van der Waals surface area contributed by atoms with Gasteiger partial charge in [0.15, 0.2) is 5.76 Å². The van der Waals surface area contributed by atoms with E-state index in [0.717, 1.165) is 37.1 Å². The minimum absolute atomic E-state index is 0.0245. The Balaban J connectivity index is 1.38. The Morgan fingerprint density at radius 3 is 2.48 bits per heavy atom. The summed E-state index contributed by atoms with van der Waals surface area (Å²) >= 11 is 1.31. The number of furan rings is 1. The van der Waals surface area contributed by atoms with Gasteiger partial charge in [0, 0.05) is 39.1 Å². The van der Waals surface area contributed by atoms with Gasteiger partial charge in [0.2, 0.25) is 0 Å². The zero-order chi connectivity index (χ0) is 21.5. The summed E-state index contributed by atoms with van der Waals surface area (Å²) in [5, 5.41) is 0.575. The van der Waals surface area contributed by atoms with Crippen LogP contribution in [0.2, 0.25) is 0 Å². The molecule has 31 heavy (non-hydrogen) atoms. The van der Waals surface area contributed by atoms with Gasteiger partial charge in [-0.05, 0) is 37.5 Å². The first kappa shape index (κ1) is 20.0. The molecule has 5 rings (SSSR count). The highest BCUT2D eigenvalue weighted by atomic mass is 32.1. The predicted molar refractivity (Wildman–Crippen MR) is 117 cm³/mol. The SMILES string of the molecule is Cc1c(C(=O)N2CCN(C(=O)c3ccco3)CC2)sc2nc3n(c(=O)c12)CCCCC3. The topological polar surface area (TPSA) is 88.7 Å². The van der Waals surface area contributed by atoms with Crippen LogP contribution >= 0.6 is 11.3 Å². The van der Waals surface area contributed by atoms with Crippen LogP contribution in [0.5, 0.6) is 0 Å². The van der Waals surface area contributed by atoms with E-state index in [1.165, 1.54) is 17.6 Å². The number of nitrogens with zero attached hydrogens (tertiary/aromatic N) is 4. The van der Waals surface area contributed by atoms with Crippen LogP contribution in [0.3, 0.4) is 0 Å². The van der Waals surface area contributed by atoms with E-state index in [-0.39, 0.29) is 17.4 Å². The molecule has 8 nitrogen and oxygen atoms in total. The third-order valence-electron chi connectivity index (χ3n) is 6.19. The Bertz CT molecular complexity index is 1200. The van der Waals surface area contributed by atoms with E-state index in [4.69, 9.17) is 9.40 Å². The Hall–Kier alpha value is -2.94. The molecule has 0 atom stereocenters. The number of carbonyl (C=O) groups excluding carboxylic acids is 2. The zero-order valence-electron chi connectivity index (χ0n) is 17.4. The lowest BCUT2D eigenvalue weighted by Gasteiger charge is -2.34. The Morgan fingerprint density at radius 2 is 1.77 bits per heavy atom. The minimum atomic E-state index is -0.158. The van der Waals surface area contributed by atoms with Gasteiger partial charge < -0.3 is 14.2 Å². The second kappa shape index (κ2) is 7.96. The first-order valence-corrected chi connectivity index (χ1v) is 11.5. The van der Waals surface area contributed by atoms with Crippen molar-refractivity contribution >= 4 is 33.4 Å². The lowest BCUT2D eigenvalue weighted by atomic mass is 10.2. The van der Waals surface area contributed by atoms with E-state index < -0.39 is 0 Å². The number of fused-ring (bicyclic) bond motifs is 2. The fourth-order valence-electron chi connectivity index (χ4n) is 4.43. The van der Waals surface area contributed by atoms with Gasteiger partial charge in [-0.25, -0.2) is 4.98 Å². The lowest BCUT2D eigenvalue weighted by Crippen LogP contribution is -2.50. The lowest BCUT2D eigenvalue weighted by molar-refractivity contribution is 0.0520. The van der Waals surface area contributed by atoms with Crippen LogP contribution < -0.4 is 5.56 Å². The molecule has 3 aromatic heterocycles. The smallest absolute Gasteiger partial charge is 0.289 e. The standard InChI is InChI=1S/C22H24N4O4S/c1-14-17-19(23-16-7-3-2-4-8-26(16)21(17)28)31-18(14)22(29)25-11-9-24(10-12-25)20(27)15-6-5-13-30-15/h5-6,13H,2-4,7-12H2,1H3. The molecule has 9 heteroatoms. The molecule has 0 N–H and O–H groups in total. The minimum Gasteiger partial charge on any atom is -0.459 e. The second-order valence-electron chi connectivity index (χ2n) is 8.09. The summed E-state index contributed by atoms with van der Waals surface area (Å²) in [4.78, 5) is 48.3. The number of piperazine rings is 1. The van der Waals surface area contributed by atoms with Gasteiger partial charge in [-0.15, -0.1) is 11.3 Å². The van der Waals surface area contributed by atoms with E-state index in [2.05, 4.69) is 0 Å². The first-order valence-electron chi connectivity index (χ1n) is 10.7. The summed E-state index contributed by atoms with van der Waals surface area (Å²) < 4.78 is 6.99. The summed E-state index contributed by atoms with van der Waals surface area (Å²) in [5.41, 5.74) is 0.694. The third-order valence-corrected chi connectivity index (χ3v) is 7.37. The molecule has 162 valence electrons. The largest absolute Gasteiger partial charge is 0.459 e. The predicted octanol–water partition coefficient (Wildman–Crippen LogP) is 2.68. The Morgan fingerprint density at radius 1 is 1.03 bits per heavy atom. The fourth-order valence-corrected chi connectivity index (χ4v) is 5.58. The van der Waals surface area contributed by atoms with Gasteiger partial charge in [-0.2, -0.15) is 0 Å². The molecular weight excluding hydrogens is 416 g/mol. The number of carbonyl (C=O) groups is 2. The molecule has 2 aliphatic rings. The van der Waals surface area contributed by atoms with Crippen LogP contribution in [0.25, 0.3) is 10.2 Å². The van der Waals surface area contributed by atoms with E-state index in [1.54, 1.807) is 26.5 Å². The van der Waals surface area contributed by atoms with E-state index in [0.29, 0.717) is 53.6 Å². The number of aryl methyl sites for hydroxylation is 2.